The highest BCUT2D eigenvalue weighted by atomic mass is 16.4. The van der Waals surface area contributed by atoms with Crippen LogP contribution in [0.4, 0.5) is 0 Å². The summed E-state index contributed by atoms with van der Waals surface area (Å²) in [5.74, 6) is -1.09. The Hall–Kier alpha value is -3.25. The molecule has 0 heterocycles. The zero-order valence-electron chi connectivity index (χ0n) is 11.2. The number of isocyanates is 4. The molecule has 0 aliphatic heterocycles. The number of aliphatic carboxylic acids is 1. The number of nitrogens with one attached hydrogen (secondary N) is 3. The van der Waals surface area contributed by atoms with Crippen LogP contribution in [0.2, 0.25) is 0 Å². The molecule has 0 fully saturated rings. The number of nitrogens with two attached hydrogens (primary N) is 1. The van der Waals surface area contributed by atoms with Crippen molar-refractivity contribution >= 4 is 30.3 Å². The lowest BCUT2D eigenvalue weighted by Gasteiger charge is -2.10. The van der Waals surface area contributed by atoms with Crippen LogP contribution in [0.25, 0.3) is 0 Å². The SMILES string of the molecule is N=C=O.N=C=O.N[C@@H](CCCC(N=C=O)NN=C=O)C(=O)O. The number of carboxylic acids is 1. The van der Waals surface area contributed by atoms with Gasteiger partial charge in [-0.05, 0) is 19.3 Å². The molecule has 6 N–H and O–H groups in total. The zero-order chi connectivity index (χ0) is 17.8. The third-order valence-electron chi connectivity index (χ3n) is 1.78. The summed E-state index contributed by atoms with van der Waals surface area (Å²) in [5, 5.41) is 22.3. The Balaban J connectivity index is -0.000000515. The standard InChI is InChI=1S/C8H12N4O4.2CHNO/c9-6(8(15)16)2-1-3-7(10-4-13)12-11-5-14;2*2-1-3/h6-7,12H,1-3,9H2,(H,15,16);2*2H/t6-,7?;;/m0../s1. The number of hydrogen-bond acceptors (Lipinski definition) is 11. The minimum absolute atomic E-state index is 0.243. The van der Waals surface area contributed by atoms with Crippen molar-refractivity contribution in [3.63, 3.8) is 0 Å². The molecule has 120 valence electrons. The van der Waals surface area contributed by atoms with Gasteiger partial charge in [0, 0.05) is 0 Å². The van der Waals surface area contributed by atoms with Crippen LogP contribution < -0.4 is 11.2 Å². The van der Waals surface area contributed by atoms with Gasteiger partial charge in [-0.3, -0.25) is 10.2 Å². The second-order valence-electron chi connectivity index (χ2n) is 3.15. The van der Waals surface area contributed by atoms with Gasteiger partial charge in [0.25, 0.3) is 6.08 Å². The van der Waals surface area contributed by atoms with Gasteiger partial charge >= 0.3 is 5.97 Å². The monoisotopic (exact) mass is 314 g/mol. The Labute approximate surface area is 124 Å². The zero-order valence-corrected chi connectivity index (χ0v) is 11.2. The summed E-state index contributed by atoms with van der Waals surface area (Å²) in [4.78, 5) is 50.2. The van der Waals surface area contributed by atoms with Crippen molar-refractivity contribution in [1.82, 2.24) is 5.43 Å². The highest BCUT2D eigenvalue weighted by Gasteiger charge is 2.12. The van der Waals surface area contributed by atoms with E-state index in [1.807, 2.05) is 0 Å². The van der Waals surface area contributed by atoms with Crippen LogP contribution >= 0.6 is 0 Å². The van der Waals surface area contributed by atoms with Crippen molar-refractivity contribution in [3.05, 3.63) is 0 Å². The second kappa shape index (κ2) is 20.1. The summed E-state index contributed by atoms with van der Waals surface area (Å²) in [5.41, 5.74) is 7.52. The first kappa shape index (κ1) is 23.8. The number of aliphatic imine (C=N–C) groups is 1. The molecule has 2 atom stereocenters. The lowest BCUT2D eigenvalue weighted by molar-refractivity contribution is -0.138. The minimum atomic E-state index is -1.09. The van der Waals surface area contributed by atoms with Crippen molar-refractivity contribution in [2.24, 2.45) is 15.8 Å². The van der Waals surface area contributed by atoms with E-state index >= 15 is 0 Å². The molecule has 0 spiro atoms. The maximum atomic E-state index is 10.4. The van der Waals surface area contributed by atoms with E-state index in [0.29, 0.717) is 12.8 Å². The molecule has 0 saturated heterocycles. The topological polar surface area (TPSA) is 216 Å². The molecule has 0 rings (SSSR count). The van der Waals surface area contributed by atoms with Gasteiger partial charge in [-0.25, -0.2) is 30.0 Å². The largest absolute Gasteiger partial charge is 0.480 e. The van der Waals surface area contributed by atoms with E-state index < -0.39 is 18.2 Å². The molecule has 0 amide bonds. The first-order chi connectivity index (χ1) is 10.4. The molecule has 0 bridgehead atoms. The first-order valence-corrected chi connectivity index (χ1v) is 5.40. The molecule has 0 aromatic carbocycles. The average Bonchev–Trinajstić information content (AvgIpc) is 2.46. The maximum Gasteiger partial charge on any atom is 0.320 e. The molecule has 0 aliphatic carbocycles. The van der Waals surface area contributed by atoms with Gasteiger partial charge in [-0.1, -0.05) is 5.10 Å². The normalized spacial score (nSPS) is 10.0. The Morgan fingerprint density at radius 2 is 1.64 bits per heavy atom. The number of hydrogen-bond donors (Lipinski definition) is 5. The van der Waals surface area contributed by atoms with Crippen LogP contribution in [-0.2, 0) is 24.0 Å². The predicted molar refractivity (Wildman–Crippen MR) is 69.5 cm³/mol. The summed E-state index contributed by atoms with van der Waals surface area (Å²) in [6.45, 7) is 0. The molecular formula is C10H14N6O6. The van der Waals surface area contributed by atoms with E-state index in [2.05, 4.69) is 15.5 Å². The van der Waals surface area contributed by atoms with Crippen molar-refractivity contribution < 1.29 is 29.1 Å². The van der Waals surface area contributed by atoms with Crippen LogP contribution in [0.3, 0.4) is 0 Å². The summed E-state index contributed by atoms with van der Waals surface area (Å²) >= 11 is 0. The minimum Gasteiger partial charge on any atom is -0.480 e. The van der Waals surface area contributed by atoms with E-state index in [-0.39, 0.29) is 6.42 Å². The molecule has 0 aromatic heterocycles. The smallest absolute Gasteiger partial charge is 0.320 e. The molecule has 22 heavy (non-hydrogen) atoms. The number of carboxylic acid groups (broad SMARTS) is 1. The number of carbonyl (C=O) groups excluding carboxylic acids is 4. The number of nitrogens with zero attached hydrogens (tertiary/aromatic N) is 2. The molecule has 12 heteroatoms. The summed E-state index contributed by atoms with van der Waals surface area (Å²) in [6.07, 6.45) is 4.32. The average molecular weight is 314 g/mol. The van der Waals surface area contributed by atoms with Crippen LogP contribution in [0, 0.1) is 10.8 Å². The highest BCUT2D eigenvalue weighted by molar-refractivity contribution is 5.72. The van der Waals surface area contributed by atoms with E-state index in [1.165, 1.54) is 12.2 Å². The van der Waals surface area contributed by atoms with Crippen molar-refractivity contribution in [3.8, 4) is 0 Å². The van der Waals surface area contributed by atoms with Crippen molar-refractivity contribution in [2.75, 3.05) is 0 Å². The summed E-state index contributed by atoms with van der Waals surface area (Å²) in [7, 11) is 0. The van der Waals surface area contributed by atoms with Gasteiger partial charge in [-0.15, -0.1) is 0 Å². The van der Waals surface area contributed by atoms with Crippen molar-refractivity contribution in [1.29, 1.82) is 10.8 Å². The van der Waals surface area contributed by atoms with Gasteiger partial charge in [0.1, 0.15) is 12.2 Å². The highest BCUT2D eigenvalue weighted by Crippen LogP contribution is 2.04. The fourth-order valence-corrected chi connectivity index (χ4v) is 0.977. The fourth-order valence-electron chi connectivity index (χ4n) is 0.977. The number of carbonyl (C=O) groups is 1. The van der Waals surface area contributed by atoms with Crippen LogP contribution in [-0.4, -0.2) is 47.6 Å². The summed E-state index contributed by atoms with van der Waals surface area (Å²) < 4.78 is 0. The quantitative estimate of drug-likeness (QED) is 0.209. The summed E-state index contributed by atoms with van der Waals surface area (Å²) in [6, 6.07) is -0.949. The molecular weight excluding hydrogens is 300 g/mol. The van der Waals surface area contributed by atoms with Gasteiger partial charge < -0.3 is 10.8 Å². The van der Waals surface area contributed by atoms with E-state index in [0.717, 1.165) is 12.2 Å². The Morgan fingerprint density at radius 3 is 2.00 bits per heavy atom. The Kier molecular flexibility index (Phi) is 21.7. The van der Waals surface area contributed by atoms with Crippen LogP contribution in [0.5, 0.6) is 0 Å². The number of rotatable bonds is 8. The maximum absolute atomic E-state index is 10.4. The van der Waals surface area contributed by atoms with E-state index in [4.69, 9.17) is 31.2 Å². The third kappa shape index (κ3) is 22.0. The number of hydrazone groups is 1. The second-order valence-corrected chi connectivity index (χ2v) is 3.15. The van der Waals surface area contributed by atoms with Gasteiger partial charge in [0.05, 0.1) is 0 Å². The van der Waals surface area contributed by atoms with Crippen molar-refractivity contribution in [2.45, 2.75) is 31.5 Å². The molecule has 0 aliphatic rings. The van der Waals surface area contributed by atoms with Crippen LogP contribution in [0.15, 0.2) is 10.1 Å². The molecule has 0 radical (unpaired) electrons. The third-order valence-corrected chi connectivity index (χ3v) is 1.78. The van der Waals surface area contributed by atoms with Gasteiger partial charge in [0.2, 0.25) is 18.2 Å². The van der Waals surface area contributed by atoms with E-state index in [9.17, 15) is 14.4 Å². The Morgan fingerprint density at radius 1 is 1.14 bits per heavy atom. The molecule has 0 saturated carbocycles. The molecule has 0 aromatic rings. The van der Waals surface area contributed by atoms with Gasteiger partial charge in [-0.2, -0.15) is 4.99 Å². The Bertz CT molecular complexity index is 458. The predicted octanol–water partition coefficient (Wildman–Crippen LogP) is -1.13. The molecule has 12 nitrogen and oxygen atoms in total. The lowest BCUT2D eigenvalue weighted by Crippen LogP contribution is -2.30. The van der Waals surface area contributed by atoms with E-state index in [1.54, 1.807) is 0 Å². The fraction of sp³-hybridized carbons (Fsp3) is 0.500. The van der Waals surface area contributed by atoms with Gasteiger partial charge in [0.15, 0.2) is 0 Å². The molecule has 1 unspecified atom stereocenters. The van der Waals surface area contributed by atoms with Crippen LogP contribution in [0.1, 0.15) is 19.3 Å². The lowest BCUT2D eigenvalue weighted by atomic mass is 10.1. The first-order valence-electron chi connectivity index (χ1n) is 5.40.